The minimum atomic E-state index is -0.345. The molecule has 0 atom stereocenters. The molecule has 1 heterocycles. The van der Waals surface area contributed by atoms with Crippen molar-refractivity contribution in [2.45, 2.75) is 109 Å². The minimum Gasteiger partial charge on any atom is -0.385 e. The quantitative estimate of drug-likeness (QED) is 0.195. The largest absolute Gasteiger partial charge is 0.385 e. The van der Waals surface area contributed by atoms with Crippen LogP contribution in [0.2, 0.25) is 18.1 Å². The summed E-state index contributed by atoms with van der Waals surface area (Å²) in [6.07, 6.45) is 18.5. The van der Waals surface area contributed by atoms with Crippen LogP contribution in [0.25, 0.3) is 11.1 Å². The molecule has 1 aliphatic carbocycles. The molecule has 0 N–H and O–H groups in total. The van der Waals surface area contributed by atoms with E-state index in [1.807, 2.05) is 0 Å². The number of ether oxygens (including phenoxy) is 1. The van der Waals surface area contributed by atoms with Gasteiger partial charge in [0, 0.05) is 22.5 Å². The van der Waals surface area contributed by atoms with Gasteiger partial charge in [0.05, 0.1) is 0 Å². The molecule has 0 radical (unpaired) electrons. The van der Waals surface area contributed by atoms with Gasteiger partial charge in [-0.05, 0) is 78.5 Å². The molecule has 0 unspecified atom stereocenters. The van der Waals surface area contributed by atoms with E-state index in [9.17, 15) is 0 Å². The second kappa shape index (κ2) is 15.1. The van der Waals surface area contributed by atoms with Gasteiger partial charge in [0.1, 0.15) is 0 Å². The Labute approximate surface area is 224 Å². The summed E-state index contributed by atoms with van der Waals surface area (Å²) in [5.74, 6) is 3.12. The van der Waals surface area contributed by atoms with E-state index in [0.29, 0.717) is 0 Å². The highest BCUT2D eigenvalue weighted by Gasteiger charge is 2.30. The van der Waals surface area contributed by atoms with Gasteiger partial charge in [-0.2, -0.15) is 0 Å². The van der Waals surface area contributed by atoms with E-state index in [2.05, 4.69) is 55.5 Å². The molecular formula is C34H52OSi. The summed E-state index contributed by atoms with van der Waals surface area (Å²) in [4.78, 5) is 0. The second-order valence-corrected chi connectivity index (χ2v) is 15.6. The fraction of sp³-hybridized carbons (Fsp3) is 0.647. The van der Waals surface area contributed by atoms with Crippen LogP contribution in [-0.2, 0) is 17.6 Å². The number of hydrogen-bond acceptors (Lipinski definition) is 1. The summed E-state index contributed by atoms with van der Waals surface area (Å²) in [5.41, 5.74) is 5.58. The topological polar surface area (TPSA) is 9.23 Å². The molecular weight excluding hydrogens is 452 g/mol. The van der Waals surface area contributed by atoms with E-state index < -0.39 is 0 Å². The first-order valence-corrected chi connectivity index (χ1v) is 17.9. The van der Waals surface area contributed by atoms with Crippen molar-refractivity contribution in [3.63, 3.8) is 0 Å². The molecule has 1 saturated carbocycles. The van der Waals surface area contributed by atoms with Crippen molar-refractivity contribution in [1.82, 2.24) is 0 Å². The maximum absolute atomic E-state index is 5.17. The Morgan fingerprint density at radius 1 is 0.694 bits per heavy atom. The molecule has 0 bridgehead atoms. The average molecular weight is 505 g/mol. The van der Waals surface area contributed by atoms with Crippen molar-refractivity contribution in [2.75, 3.05) is 13.7 Å². The third-order valence-electron chi connectivity index (χ3n) is 9.56. The van der Waals surface area contributed by atoms with Crippen LogP contribution in [0.15, 0.2) is 48.5 Å². The summed E-state index contributed by atoms with van der Waals surface area (Å²) in [6, 6.07) is 23.5. The highest BCUT2D eigenvalue weighted by Crippen LogP contribution is 2.42. The van der Waals surface area contributed by atoms with E-state index in [1.54, 1.807) is 38.1 Å². The highest BCUT2D eigenvalue weighted by molar-refractivity contribution is 6.58. The number of benzene rings is 2. The normalized spacial score (nSPS) is 24.6. The molecule has 2 aliphatic rings. The van der Waals surface area contributed by atoms with E-state index in [0.717, 1.165) is 37.2 Å². The molecule has 36 heavy (non-hydrogen) atoms. The van der Waals surface area contributed by atoms with Crippen molar-refractivity contribution >= 4 is 8.80 Å². The Kier molecular flexibility index (Phi) is 11.6. The van der Waals surface area contributed by atoms with E-state index in [4.69, 9.17) is 4.74 Å². The van der Waals surface area contributed by atoms with Crippen LogP contribution in [0.1, 0.15) is 88.7 Å². The lowest BCUT2D eigenvalue weighted by Gasteiger charge is -2.37. The lowest BCUT2D eigenvalue weighted by atomic mass is 9.73. The van der Waals surface area contributed by atoms with Crippen molar-refractivity contribution in [3.8, 4) is 11.1 Å². The Morgan fingerprint density at radius 3 is 1.86 bits per heavy atom. The van der Waals surface area contributed by atoms with Gasteiger partial charge in [-0.15, -0.1) is 0 Å². The smallest absolute Gasteiger partial charge is 0.0465 e. The van der Waals surface area contributed by atoms with Gasteiger partial charge in [0.15, 0.2) is 0 Å². The van der Waals surface area contributed by atoms with Crippen LogP contribution in [0.4, 0.5) is 0 Å². The van der Waals surface area contributed by atoms with Gasteiger partial charge >= 0.3 is 0 Å². The lowest BCUT2D eigenvalue weighted by molar-refractivity contribution is 0.186. The first kappa shape index (κ1) is 27.6. The highest BCUT2D eigenvalue weighted by atomic mass is 28.3. The number of aryl methyl sites for hydroxylation is 2. The van der Waals surface area contributed by atoms with Gasteiger partial charge in [-0.25, -0.2) is 0 Å². The summed E-state index contributed by atoms with van der Waals surface area (Å²) < 4.78 is 5.17. The summed E-state index contributed by atoms with van der Waals surface area (Å²) in [6.45, 7) is 3.18. The summed E-state index contributed by atoms with van der Waals surface area (Å²) >= 11 is 0. The lowest BCUT2D eigenvalue weighted by Crippen LogP contribution is -2.28. The van der Waals surface area contributed by atoms with E-state index in [1.165, 1.54) is 80.0 Å². The second-order valence-electron chi connectivity index (χ2n) is 12.1. The van der Waals surface area contributed by atoms with Crippen LogP contribution in [0.3, 0.4) is 0 Å². The van der Waals surface area contributed by atoms with Crippen LogP contribution in [0, 0.1) is 17.8 Å². The van der Waals surface area contributed by atoms with Crippen molar-refractivity contribution < 1.29 is 4.74 Å². The van der Waals surface area contributed by atoms with Gasteiger partial charge in [-0.3, -0.25) is 0 Å². The minimum absolute atomic E-state index is 0.345. The maximum atomic E-state index is 5.17. The third-order valence-corrected chi connectivity index (χ3v) is 13.1. The van der Waals surface area contributed by atoms with Crippen LogP contribution < -0.4 is 0 Å². The van der Waals surface area contributed by atoms with Gasteiger partial charge in [0.25, 0.3) is 0 Å². The zero-order valence-electron chi connectivity index (χ0n) is 23.4. The van der Waals surface area contributed by atoms with Gasteiger partial charge in [-0.1, -0.05) is 119 Å². The first-order valence-electron chi connectivity index (χ1n) is 15.4. The molecule has 1 nitrogen and oxygen atoms in total. The predicted molar refractivity (Wildman–Crippen MR) is 160 cm³/mol. The zero-order valence-corrected chi connectivity index (χ0v) is 24.5. The van der Waals surface area contributed by atoms with E-state index in [-0.39, 0.29) is 8.80 Å². The van der Waals surface area contributed by atoms with Crippen molar-refractivity contribution in [3.05, 3.63) is 59.7 Å². The Hall–Kier alpha value is -1.38. The van der Waals surface area contributed by atoms with E-state index >= 15 is 0 Å². The van der Waals surface area contributed by atoms with Crippen molar-refractivity contribution in [2.24, 2.45) is 17.8 Å². The SMILES string of the molecule is CCCCC[SiH]1CCC([C@H]2CC[C@H](CCc3ccc(-c4ccc(CCCOC)cc4)cc3)CC2)CC1. The standard InChI is InChI=1S/C34H52OSi/c1-3-4-5-25-36-26-22-34(23-27-36)33-20-14-30(15-21-33)9-8-29-12-18-32(19-13-29)31-16-10-28(11-17-31)7-6-24-35-2/h10-13,16-19,30,33-34,36H,3-9,14-15,20-27H2,1-2H3/t30-,33-,34?,36?. The fourth-order valence-corrected chi connectivity index (χ4v) is 10.6. The first-order chi connectivity index (χ1) is 17.7. The third kappa shape index (κ3) is 8.59. The molecule has 2 fully saturated rings. The van der Waals surface area contributed by atoms with Gasteiger partial charge < -0.3 is 4.74 Å². The van der Waals surface area contributed by atoms with Crippen molar-refractivity contribution in [1.29, 1.82) is 0 Å². The molecule has 1 aliphatic heterocycles. The molecule has 4 rings (SSSR count). The maximum Gasteiger partial charge on any atom is 0.0465 e. The molecule has 1 saturated heterocycles. The Bertz CT molecular complexity index is 842. The fourth-order valence-electron chi connectivity index (χ4n) is 7.10. The number of rotatable bonds is 13. The number of unbranched alkanes of at least 4 members (excludes halogenated alkanes) is 2. The molecule has 0 amide bonds. The number of hydrogen-bond donors (Lipinski definition) is 0. The molecule has 2 aromatic carbocycles. The molecule has 198 valence electrons. The Morgan fingerprint density at radius 2 is 1.28 bits per heavy atom. The molecule has 0 aromatic heterocycles. The monoisotopic (exact) mass is 504 g/mol. The number of methoxy groups -OCH3 is 1. The van der Waals surface area contributed by atoms with Gasteiger partial charge in [0.2, 0.25) is 0 Å². The van der Waals surface area contributed by atoms with Crippen LogP contribution in [-0.4, -0.2) is 22.5 Å². The van der Waals surface area contributed by atoms with Crippen LogP contribution >= 0.6 is 0 Å². The average Bonchev–Trinajstić information content (AvgIpc) is 2.94. The Balaban J connectivity index is 1.14. The molecule has 2 aromatic rings. The predicted octanol–water partition coefficient (Wildman–Crippen LogP) is 9.50. The van der Waals surface area contributed by atoms with Crippen LogP contribution in [0.5, 0.6) is 0 Å². The summed E-state index contributed by atoms with van der Waals surface area (Å²) in [5, 5.41) is 0. The zero-order chi connectivity index (χ0) is 25.0. The summed E-state index contributed by atoms with van der Waals surface area (Å²) in [7, 11) is 1.43. The molecule has 0 spiro atoms. The molecule has 2 heteroatoms.